The Morgan fingerprint density at radius 3 is 2.21 bits per heavy atom. The van der Waals surface area contributed by atoms with Crippen molar-refractivity contribution in [1.29, 1.82) is 0 Å². The second-order valence-corrected chi connectivity index (χ2v) is 10.1. The lowest BCUT2D eigenvalue weighted by molar-refractivity contribution is 0.0256. The van der Waals surface area contributed by atoms with Gasteiger partial charge in [-0.15, -0.1) is 0 Å². The first kappa shape index (κ1) is 23.9. The van der Waals surface area contributed by atoms with E-state index in [1.54, 1.807) is 4.90 Å². The lowest BCUT2D eigenvalue weighted by atomic mass is 10.2. The highest BCUT2D eigenvalue weighted by Gasteiger charge is 2.41. The minimum Gasteiger partial charge on any atom is -0.444 e. The summed E-state index contributed by atoms with van der Waals surface area (Å²) in [4.78, 5) is 16.3. The smallest absolute Gasteiger partial charge is 0.410 e. The number of ether oxygens (including phenoxy) is 1. The highest BCUT2D eigenvalue weighted by molar-refractivity contribution is 7.54. The van der Waals surface area contributed by atoms with E-state index in [1.807, 2.05) is 65.0 Å². The second-order valence-electron chi connectivity index (χ2n) is 8.02. The fourth-order valence-corrected chi connectivity index (χ4v) is 5.69. The molecule has 0 aromatic heterocycles. The third kappa shape index (κ3) is 6.82. The van der Waals surface area contributed by atoms with Crippen molar-refractivity contribution in [3.8, 4) is 0 Å². The zero-order valence-corrected chi connectivity index (χ0v) is 19.2. The van der Waals surface area contributed by atoms with Gasteiger partial charge in [0.1, 0.15) is 11.4 Å². The molecule has 1 aliphatic heterocycles. The third-order valence-electron chi connectivity index (χ3n) is 4.54. The zero-order valence-electron chi connectivity index (χ0n) is 18.3. The van der Waals surface area contributed by atoms with Crippen LogP contribution in [0.4, 0.5) is 4.79 Å². The summed E-state index contributed by atoms with van der Waals surface area (Å²) in [5.74, 6) is -0.512. The lowest BCUT2D eigenvalue weighted by Crippen LogP contribution is -2.39. The second kappa shape index (κ2) is 10.6. The van der Waals surface area contributed by atoms with Crippen LogP contribution in [-0.2, 0) is 18.3 Å². The molecule has 0 bridgehead atoms. The van der Waals surface area contributed by atoms with Gasteiger partial charge in [-0.1, -0.05) is 30.3 Å². The first-order valence-corrected chi connectivity index (χ1v) is 12.0. The van der Waals surface area contributed by atoms with Crippen LogP contribution in [0.15, 0.2) is 30.3 Å². The summed E-state index contributed by atoms with van der Waals surface area (Å²) in [5, 5.41) is 0. The largest absolute Gasteiger partial charge is 0.444 e. The van der Waals surface area contributed by atoms with Gasteiger partial charge in [0.25, 0.3) is 0 Å². The van der Waals surface area contributed by atoms with Crippen LogP contribution in [0.1, 0.15) is 52.4 Å². The number of amides is 1. The first-order chi connectivity index (χ1) is 13.7. The highest BCUT2D eigenvalue weighted by atomic mass is 31.2. The van der Waals surface area contributed by atoms with Gasteiger partial charge >= 0.3 is 13.7 Å². The molecule has 1 unspecified atom stereocenters. The summed E-state index contributed by atoms with van der Waals surface area (Å²) in [6.07, 6.45) is 0.439. The molecule has 29 heavy (non-hydrogen) atoms. The molecule has 1 aromatic carbocycles. The lowest BCUT2D eigenvalue weighted by Gasteiger charge is -2.35. The molecule has 0 radical (unpaired) electrons. The Morgan fingerprint density at radius 1 is 1.03 bits per heavy atom. The van der Waals surface area contributed by atoms with Crippen LogP contribution < -0.4 is 0 Å². The number of benzene rings is 1. The molecule has 1 saturated heterocycles. The Balaban J connectivity index is 2.25. The fourth-order valence-electron chi connectivity index (χ4n) is 3.45. The van der Waals surface area contributed by atoms with Gasteiger partial charge in [0.15, 0.2) is 0 Å². The maximum atomic E-state index is 13.7. The van der Waals surface area contributed by atoms with Crippen molar-refractivity contribution in [2.45, 2.75) is 52.4 Å². The molecule has 164 valence electrons. The number of carbonyl (C=O) groups is 1. The van der Waals surface area contributed by atoms with Crippen molar-refractivity contribution >= 4 is 13.7 Å². The quantitative estimate of drug-likeness (QED) is 0.578. The predicted molar refractivity (Wildman–Crippen MR) is 114 cm³/mol. The summed E-state index contributed by atoms with van der Waals surface area (Å²) >= 11 is 0. The van der Waals surface area contributed by atoms with Gasteiger partial charge in [0, 0.05) is 26.2 Å². The van der Waals surface area contributed by atoms with E-state index >= 15 is 0 Å². The van der Waals surface area contributed by atoms with Gasteiger partial charge in [-0.3, -0.25) is 9.46 Å². The van der Waals surface area contributed by atoms with Crippen LogP contribution >= 0.6 is 7.60 Å². The molecule has 1 atom stereocenters. The van der Waals surface area contributed by atoms with Crippen molar-refractivity contribution in [3.05, 3.63) is 35.9 Å². The fraction of sp³-hybridized carbons (Fsp3) is 0.667. The zero-order chi connectivity index (χ0) is 21.5. The van der Waals surface area contributed by atoms with Crippen molar-refractivity contribution in [2.24, 2.45) is 0 Å². The van der Waals surface area contributed by atoms with E-state index < -0.39 is 19.0 Å². The number of hydrogen-bond donors (Lipinski definition) is 0. The average molecular weight is 426 g/mol. The van der Waals surface area contributed by atoms with Crippen molar-refractivity contribution < 1.29 is 23.1 Å². The van der Waals surface area contributed by atoms with Crippen molar-refractivity contribution in [3.63, 3.8) is 0 Å². The van der Waals surface area contributed by atoms with E-state index in [9.17, 15) is 9.36 Å². The maximum Gasteiger partial charge on any atom is 0.410 e. The molecule has 0 aliphatic carbocycles. The Morgan fingerprint density at radius 2 is 1.66 bits per heavy atom. The van der Waals surface area contributed by atoms with E-state index in [0.29, 0.717) is 39.4 Å². The standard InChI is InChI=1S/C21H35N2O5P/c1-6-26-29(25,27-7-2)19(18-12-9-8-10-13-18)22-14-11-15-23(17-16-22)20(24)28-21(3,4)5/h8-10,12-13,19H,6-7,11,14-17H2,1-5H3. The minimum absolute atomic E-state index is 0.304. The van der Waals surface area contributed by atoms with Crippen LogP contribution in [0.2, 0.25) is 0 Å². The SMILES string of the molecule is CCOP(=O)(OCC)C(c1ccccc1)N1CCCN(C(=O)OC(C)(C)C)CC1. The van der Waals surface area contributed by atoms with Gasteiger partial charge in [-0.2, -0.15) is 0 Å². The summed E-state index contributed by atoms with van der Waals surface area (Å²) < 4.78 is 30.7. The monoisotopic (exact) mass is 426 g/mol. The number of nitrogens with zero attached hydrogens (tertiary/aromatic N) is 2. The minimum atomic E-state index is -3.42. The predicted octanol–water partition coefficient (Wildman–Crippen LogP) is 4.89. The average Bonchev–Trinajstić information content (AvgIpc) is 2.88. The van der Waals surface area contributed by atoms with Crippen LogP contribution in [0.25, 0.3) is 0 Å². The van der Waals surface area contributed by atoms with Gasteiger partial charge < -0.3 is 18.7 Å². The van der Waals surface area contributed by atoms with E-state index in [-0.39, 0.29) is 6.09 Å². The Bertz CT molecular complexity index is 682. The Kier molecular flexibility index (Phi) is 8.71. The molecule has 1 aliphatic rings. The molecular weight excluding hydrogens is 391 g/mol. The normalized spacial score (nSPS) is 17.6. The summed E-state index contributed by atoms with van der Waals surface area (Å²) in [6, 6.07) is 9.68. The molecule has 1 heterocycles. The van der Waals surface area contributed by atoms with Crippen LogP contribution in [0.5, 0.6) is 0 Å². The van der Waals surface area contributed by atoms with Crippen LogP contribution in [0, 0.1) is 0 Å². The number of hydrogen-bond acceptors (Lipinski definition) is 6. The molecule has 0 N–H and O–H groups in total. The Labute approximate surface area is 174 Å². The third-order valence-corrected chi connectivity index (χ3v) is 7.00. The summed E-state index contributed by atoms with van der Waals surface area (Å²) in [6.45, 7) is 12.2. The van der Waals surface area contributed by atoms with Crippen molar-refractivity contribution in [1.82, 2.24) is 9.80 Å². The van der Waals surface area contributed by atoms with E-state index in [4.69, 9.17) is 13.8 Å². The Hall–Kier alpha value is -1.40. The topological polar surface area (TPSA) is 68.3 Å². The molecular formula is C21H35N2O5P. The highest BCUT2D eigenvalue weighted by Crippen LogP contribution is 2.62. The van der Waals surface area contributed by atoms with E-state index in [1.165, 1.54) is 0 Å². The summed E-state index contributed by atoms with van der Waals surface area (Å²) in [7, 11) is -3.42. The van der Waals surface area contributed by atoms with Gasteiger partial charge in [-0.25, -0.2) is 4.79 Å². The summed E-state index contributed by atoms with van der Waals surface area (Å²) in [5.41, 5.74) is 0.360. The molecule has 1 amide bonds. The first-order valence-electron chi connectivity index (χ1n) is 10.4. The van der Waals surface area contributed by atoms with Gasteiger partial charge in [0.2, 0.25) is 0 Å². The van der Waals surface area contributed by atoms with Crippen LogP contribution in [0.3, 0.4) is 0 Å². The molecule has 8 heteroatoms. The number of rotatable bonds is 7. The molecule has 0 saturated carbocycles. The molecule has 2 rings (SSSR count). The molecule has 1 aromatic rings. The van der Waals surface area contributed by atoms with E-state index in [0.717, 1.165) is 12.0 Å². The van der Waals surface area contributed by atoms with Crippen LogP contribution in [-0.4, -0.2) is 60.9 Å². The van der Waals surface area contributed by atoms with Crippen molar-refractivity contribution in [2.75, 3.05) is 39.4 Å². The van der Waals surface area contributed by atoms with Gasteiger partial charge in [0.05, 0.1) is 13.2 Å². The maximum absolute atomic E-state index is 13.7. The molecule has 7 nitrogen and oxygen atoms in total. The van der Waals surface area contributed by atoms with Gasteiger partial charge in [-0.05, 0) is 46.6 Å². The molecule has 1 fully saturated rings. The van der Waals surface area contributed by atoms with E-state index in [2.05, 4.69) is 4.90 Å². The molecule has 0 spiro atoms. The number of carbonyl (C=O) groups excluding carboxylic acids is 1.